The van der Waals surface area contributed by atoms with Crippen molar-refractivity contribution in [1.29, 1.82) is 0 Å². The highest BCUT2D eigenvalue weighted by Gasteiger charge is 2.42. The van der Waals surface area contributed by atoms with E-state index in [0.29, 0.717) is 27.6 Å². The molecule has 2 heterocycles. The summed E-state index contributed by atoms with van der Waals surface area (Å²) in [6, 6.07) is 11.7. The molecule has 0 unspecified atom stereocenters. The molecule has 4 aromatic carbocycles. The SMILES string of the molecule is CC(C)C[C@H](NC(=O)[C@H](CC(N)=O)NC(=O)[C@H](CCC(=O)O)NC(=O)[C@H](Cc1c[nH]c2ccccc12)NC(=O)[C@H](Cc1ccccc1)NC(=O)[C@H](CO)NC(=O)[C@@H]1CCCN1C(=O)[C@H](CO)NC(=O)[C@@H](NC(=O)[C@H](Cc1ccc(O)cc1)NC(=O)[C@@H](N)Cc1ccccc1)[C@@H](C)O)C(=O)O. The summed E-state index contributed by atoms with van der Waals surface area (Å²) in [6.07, 6.45) is -2.96. The Labute approximate surface area is 574 Å². The van der Waals surface area contributed by atoms with Gasteiger partial charge < -0.3 is 99.8 Å². The van der Waals surface area contributed by atoms with E-state index < -0.39 is 182 Å². The highest BCUT2D eigenvalue weighted by molar-refractivity contribution is 6.00. The number of benzene rings is 4. The number of aromatic hydroxyl groups is 1. The van der Waals surface area contributed by atoms with Gasteiger partial charge in [-0.1, -0.05) is 105 Å². The van der Waals surface area contributed by atoms with E-state index in [4.69, 9.17) is 11.5 Å². The fraction of sp³-hybridized carbons (Fsp3) is 0.426. The molecule has 0 aliphatic carbocycles. The summed E-state index contributed by atoms with van der Waals surface area (Å²) in [4.78, 5) is 182. The number of hydrogen-bond acceptors (Lipinski definition) is 18. The Morgan fingerprint density at radius 2 is 1.02 bits per heavy atom. The maximum atomic E-state index is 14.8. The maximum absolute atomic E-state index is 14.8. The summed E-state index contributed by atoms with van der Waals surface area (Å²) in [5.41, 5.74) is 14.4. The number of fused-ring (bicyclic) bond motifs is 1. The summed E-state index contributed by atoms with van der Waals surface area (Å²) in [6.45, 7) is 2.25. The van der Waals surface area contributed by atoms with Crippen molar-refractivity contribution in [2.24, 2.45) is 17.4 Å². The summed E-state index contributed by atoms with van der Waals surface area (Å²) in [5, 5.41) is 83.9. The number of aliphatic carboxylic acids is 2. The molecule has 1 fully saturated rings. The third-order valence-electron chi connectivity index (χ3n) is 16.4. The lowest BCUT2D eigenvalue weighted by Crippen LogP contribution is -2.62. The van der Waals surface area contributed by atoms with Crippen LogP contribution in [0.15, 0.2) is 115 Å². The minimum absolute atomic E-state index is 0.0361. The van der Waals surface area contributed by atoms with Crippen molar-refractivity contribution in [2.75, 3.05) is 19.8 Å². The molecule has 0 bridgehead atoms. The van der Waals surface area contributed by atoms with E-state index in [9.17, 15) is 93.0 Å². The number of phenols is 1. The Balaban J connectivity index is 1.18. The first kappa shape index (κ1) is 78.2. The summed E-state index contributed by atoms with van der Waals surface area (Å²) in [5.74, 6) is -14.8. The predicted octanol–water partition coefficient (Wildman–Crippen LogP) is -2.94. The quantitative estimate of drug-likeness (QED) is 0.0188. The lowest BCUT2D eigenvalue weighted by molar-refractivity contribution is -0.144. The Morgan fingerprint density at radius 1 is 0.540 bits per heavy atom. The van der Waals surface area contributed by atoms with E-state index in [1.165, 1.54) is 24.3 Å². The number of para-hydroxylation sites is 1. The first-order valence-electron chi connectivity index (χ1n) is 32.4. The molecule has 1 saturated heterocycles. The van der Waals surface area contributed by atoms with Crippen molar-refractivity contribution < 1.29 is 93.0 Å². The Morgan fingerprint density at radius 3 is 1.58 bits per heavy atom. The molecule has 32 heteroatoms. The van der Waals surface area contributed by atoms with E-state index in [1.54, 1.807) is 105 Å². The zero-order valence-electron chi connectivity index (χ0n) is 55.3. The molecule has 6 rings (SSSR count). The molecule has 0 spiro atoms. The van der Waals surface area contributed by atoms with Crippen molar-refractivity contribution in [1.82, 2.24) is 57.7 Å². The van der Waals surface area contributed by atoms with Crippen LogP contribution in [0.25, 0.3) is 10.9 Å². The highest BCUT2D eigenvalue weighted by atomic mass is 16.4. The van der Waals surface area contributed by atoms with E-state index in [-0.39, 0.29) is 63.2 Å². The molecule has 1 aliphatic rings. The van der Waals surface area contributed by atoms with Gasteiger partial charge in [-0.2, -0.15) is 0 Å². The predicted molar refractivity (Wildman–Crippen MR) is 358 cm³/mol. The van der Waals surface area contributed by atoms with E-state index in [0.717, 1.165) is 17.4 Å². The Bertz CT molecular complexity index is 3690. The second kappa shape index (κ2) is 37.8. The standard InChI is InChI=1S/C68H87N13O19/c1-36(2)27-51(68(99)100)77-62(93)50(32-55(70)86)76-59(90)46(24-25-56(87)88)72-61(92)49(31-41-33-71-45-18-11-10-17-43(41)45)75-60(91)47(29-39-15-8-5-9-16-39)74-64(95)52(34-82)78-65(96)54-19-12-26-81(54)67(98)53(35-83)79-66(97)57(37(3)84)80-63(94)48(30-40-20-22-42(85)23-21-40)73-58(89)44(69)28-38-13-6-4-7-14-38/h4-11,13-18,20-23,33,36-37,44,46-54,57,71,82-85H,12,19,24-32,34-35,69H2,1-3H3,(H2,70,86)(H,72,92)(H,73,89)(H,74,95)(H,75,91)(H,76,90)(H,77,93)(H,78,96)(H,79,97)(H,80,94)(H,87,88)(H,99,100)/t37-,44+,46+,47+,48+,49+,50+,51+,52+,53+,54+,57+/m1/s1. The molecule has 100 heavy (non-hydrogen) atoms. The number of H-pyrrole nitrogens is 1. The van der Waals surface area contributed by atoms with Crippen LogP contribution in [0, 0.1) is 5.92 Å². The normalized spacial score (nSPS) is 16.0. The van der Waals surface area contributed by atoms with Crippen molar-refractivity contribution in [3.8, 4) is 5.75 Å². The van der Waals surface area contributed by atoms with Crippen LogP contribution >= 0.6 is 0 Å². The molecule has 12 atom stereocenters. The van der Waals surface area contributed by atoms with Crippen molar-refractivity contribution in [3.05, 3.63) is 138 Å². The summed E-state index contributed by atoms with van der Waals surface area (Å²) in [7, 11) is 0. The van der Waals surface area contributed by atoms with Crippen LogP contribution in [-0.4, -0.2) is 210 Å². The second-order valence-electron chi connectivity index (χ2n) is 24.8. The van der Waals surface area contributed by atoms with Gasteiger partial charge in [0.05, 0.1) is 31.8 Å². The Hall–Kier alpha value is -10.8. The minimum atomic E-state index is -1.84. The average Bonchev–Trinajstić information content (AvgIpc) is 1.61. The summed E-state index contributed by atoms with van der Waals surface area (Å²) < 4.78 is 0. The third-order valence-corrected chi connectivity index (χ3v) is 16.4. The first-order chi connectivity index (χ1) is 47.5. The van der Waals surface area contributed by atoms with Crippen LogP contribution in [0.2, 0.25) is 0 Å². The topological polar surface area (TPSA) is 523 Å². The van der Waals surface area contributed by atoms with Gasteiger partial charge >= 0.3 is 11.9 Å². The summed E-state index contributed by atoms with van der Waals surface area (Å²) >= 11 is 0. The number of phenolic OH excluding ortho intramolecular Hbond substituents is 1. The largest absolute Gasteiger partial charge is 0.508 e. The fourth-order valence-corrected chi connectivity index (χ4v) is 11.2. The number of carbonyl (C=O) groups excluding carboxylic acids is 11. The molecule has 1 aliphatic heterocycles. The van der Waals surface area contributed by atoms with Gasteiger partial charge in [0.2, 0.25) is 65.0 Å². The monoisotopic (exact) mass is 1390 g/mol. The molecule has 0 saturated carbocycles. The molecule has 11 amide bonds. The number of aliphatic hydroxyl groups excluding tert-OH is 3. The second-order valence-corrected chi connectivity index (χ2v) is 24.8. The number of carbonyl (C=O) groups is 13. The average molecular weight is 1390 g/mol. The minimum Gasteiger partial charge on any atom is -0.508 e. The molecule has 0 radical (unpaired) electrons. The number of aliphatic hydroxyl groups is 3. The number of rotatable bonds is 38. The third kappa shape index (κ3) is 23.4. The lowest BCUT2D eigenvalue weighted by Gasteiger charge is -2.31. The number of nitrogens with two attached hydrogens (primary N) is 2. The van der Waals surface area contributed by atoms with E-state index in [2.05, 4.69) is 52.8 Å². The van der Waals surface area contributed by atoms with Crippen LogP contribution < -0.4 is 59.3 Å². The van der Waals surface area contributed by atoms with Crippen LogP contribution in [0.1, 0.15) is 81.5 Å². The molecule has 32 nitrogen and oxygen atoms in total. The number of primary amides is 1. The van der Waals surface area contributed by atoms with Gasteiger partial charge in [-0.25, -0.2) is 4.79 Å². The van der Waals surface area contributed by atoms with E-state index >= 15 is 0 Å². The molecular weight excluding hydrogens is 1300 g/mol. The van der Waals surface area contributed by atoms with Gasteiger partial charge in [0.15, 0.2) is 0 Å². The molecule has 5 aromatic rings. The number of carboxylic acid groups (broad SMARTS) is 2. The van der Waals surface area contributed by atoms with Gasteiger partial charge in [0.25, 0.3) is 0 Å². The van der Waals surface area contributed by atoms with Crippen LogP contribution in [-0.2, 0) is 88.0 Å². The van der Waals surface area contributed by atoms with Crippen LogP contribution in [0.4, 0.5) is 0 Å². The fourth-order valence-electron chi connectivity index (χ4n) is 11.2. The van der Waals surface area contributed by atoms with Crippen molar-refractivity contribution in [2.45, 2.75) is 158 Å². The molecule has 20 N–H and O–H groups in total. The van der Waals surface area contributed by atoms with Gasteiger partial charge in [-0.05, 0) is 85.4 Å². The maximum Gasteiger partial charge on any atom is 0.326 e. The zero-order valence-corrected chi connectivity index (χ0v) is 55.3. The van der Waals surface area contributed by atoms with Gasteiger partial charge in [0.1, 0.15) is 66.2 Å². The number of nitrogens with zero attached hydrogens (tertiary/aromatic N) is 1. The Kier molecular flexibility index (Phi) is 29.5. The van der Waals surface area contributed by atoms with Crippen molar-refractivity contribution >= 4 is 87.8 Å². The molecule has 538 valence electrons. The van der Waals surface area contributed by atoms with Crippen molar-refractivity contribution in [3.63, 3.8) is 0 Å². The van der Waals surface area contributed by atoms with Crippen LogP contribution in [0.5, 0.6) is 5.75 Å². The van der Waals surface area contributed by atoms with Crippen LogP contribution in [0.3, 0.4) is 0 Å². The number of hydrogen-bond donors (Lipinski definition) is 18. The van der Waals surface area contributed by atoms with Gasteiger partial charge in [-0.15, -0.1) is 0 Å². The smallest absolute Gasteiger partial charge is 0.326 e. The number of carboxylic acids is 2. The number of likely N-dealkylation sites (tertiary alicyclic amines) is 1. The number of aromatic nitrogens is 1. The molecular formula is C68H87N13O19. The highest BCUT2D eigenvalue weighted by Crippen LogP contribution is 2.22. The number of nitrogens with one attached hydrogen (secondary N) is 10. The molecule has 1 aromatic heterocycles. The van der Waals surface area contributed by atoms with Gasteiger partial charge in [0, 0.05) is 49.3 Å². The number of amides is 11. The zero-order chi connectivity index (χ0) is 73.3. The lowest BCUT2D eigenvalue weighted by atomic mass is 10.0. The number of aromatic amines is 1. The first-order valence-corrected chi connectivity index (χ1v) is 32.4. The van der Waals surface area contributed by atoms with E-state index in [1.807, 2.05) is 0 Å². The van der Waals surface area contributed by atoms with Gasteiger partial charge in [-0.3, -0.25) is 57.5 Å².